The van der Waals surface area contributed by atoms with Crippen molar-refractivity contribution in [2.45, 2.75) is 37.6 Å². The summed E-state index contributed by atoms with van der Waals surface area (Å²) in [6.07, 6.45) is 6.46. The lowest BCUT2D eigenvalue weighted by Crippen LogP contribution is -2.31. The number of hydrogen-bond donors (Lipinski definition) is 2. The number of aromatic amines is 1. The summed E-state index contributed by atoms with van der Waals surface area (Å²) >= 11 is 0. The Morgan fingerprint density at radius 2 is 2.00 bits per heavy atom. The monoisotopic (exact) mass is 269 g/mol. The van der Waals surface area contributed by atoms with Crippen LogP contribution in [0.25, 0.3) is 0 Å². The van der Waals surface area contributed by atoms with E-state index in [9.17, 15) is 8.42 Å². The van der Waals surface area contributed by atoms with Crippen molar-refractivity contribution in [2.24, 2.45) is 17.8 Å². The molecule has 0 unspecified atom stereocenters. The fourth-order valence-corrected chi connectivity index (χ4v) is 3.63. The van der Waals surface area contributed by atoms with Crippen molar-refractivity contribution in [1.29, 1.82) is 0 Å². The zero-order chi connectivity index (χ0) is 12.8. The van der Waals surface area contributed by atoms with Gasteiger partial charge in [-0.2, -0.15) is 0 Å². The number of aryl methyl sites for hydroxylation is 1. The van der Waals surface area contributed by atoms with E-state index >= 15 is 0 Å². The van der Waals surface area contributed by atoms with Crippen LogP contribution in [0.1, 0.15) is 31.5 Å². The Labute approximate surface area is 107 Å². The molecule has 3 rings (SSSR count). The summed E-state index contributed by atoms with van der Waals surface area (Å²) in [6.45, 7) is 2.33. The Balaban J connectivity index is 1.64. The fraction of sp³-hybridized carbons (Fsp3) is 0.750. The summed E-state index contributed by atoms with van der Waals surface area (Å²) < 4.78 is 26.8. The molecule has 1 aromatic heterocycles. The number of aromatic nitrogens is 2. The number of nitrogens with zero attached hydrogens (tertiary/aromatic N) is 1. The number of sulfonamides is 1. The molecule has 0 atom stereocenters. The molecule has 100 valence electrons. The van der Waals surface area contributed by atoms with Crippen LogP contribution in [0.15, 0.2) is 11.2 Å². The van der Waals surface area contributed by atoms with Crippen molar-refractivity contribution < 1.29 is 8.42 Å². The summed E-state index contributed by atoms with van der Waals surface area (Å²) in [5.41, 5.74) is 0. The van der Waals surface area contributed by atoms with Gasteiger partial charge in [0.1, 0.15) is 5.82 Å². The Bertz CT molecular complexity index is 517. The topological polar surface area (TPSA) is 74.8 Å². The molecular weight excluding hydrogens is 250 g/mol. The first-order valence-corrected chi connectivity index (χ1v) is 8.06. The Kier molecular flexibility index (Phi) is 2.94. The first-order valence-electron chi connectivity index (χ1n) is 6.57. The standard InChI is InChI=1S/C12H19N3O2S/c1-8-13-7-12(15-8)18(16,17)14-6-11(9-2-3-9)10-4-5-10/h7,9-11,14H,2-6H2,1H3,(H,13,15). The molecule has 2 aliphatic carbocycles. The lowest BCUT2D eigenvalue weighted by molar-refractivity contribution is 0.401. The fourth-order valence-electron chi connectivity index (χ4n) is 2.59. The van der Waals surface area contributed by atoms with Gasteiger partial charge in [0.2, 0.25) is 0 Å². The second-order valence-electron chi connectivity index (χ2n) is 5.52. The largest absolute Gasteiger partial charge is 0.332 e. The number of imidazole rings is 1. The highest BCUT2D eigenvalue weighted by atomic mass is 32.2. The third-order valence-corrected chi connectivity index (χ3v) is 5.27. The average Bonchev–Trinajstić information content (AvgIpc) is 3.21. The van der Waals surface area contributed by atoms with Gasteiger partial charge in [-0.25, -0.2) is 18.1 Å². The van der Waals surface area contributed by atoms with Crippen LogP contribution in [0.4, 0.5) is 0 Å². The molecule has 0 amide bonds. The second kappa shape index (κ2) is 4.35. The average molecular weight is 269 g/mol. The smallest absolute Gasteiger partial charge is 0.257 e. The predicted molar refractivity (Wildman–Crippen MR) is 67.5 cm³/mol. The third-order valence-electron chi connectivity index (χ3n) is 3.93. The SMILES string of the molecule is Cc1ncc(S(=O)(=O)NCC(C2CC2)C2CC2)[nH]1. The van der Waals surface area contributed by atoms with Gasteiger partial charge in [-0.05, 0) is 50.4 Å². The number of nitrogens with one attached hydrogen (secondary N) is 2. The molecule has 2 fully saturated rings. The molecule has 0 spiro atoms. The van der Waals surface area contributed by atoms with Gasteiger partial charge in [-0.1, -0.05) is 0 Å². The van der Waals surface area contributed by atoms with E-state index in [1.54, 1.807) is 6.92 Å². The first kappa shape index (κ1) is 12.2. The van der Waals surface area contributed by atoms with E-state index in [0.717, 1.165) is 11.8 Å². The van der Waals surface area contributed by atoms with Gasteiger partial charge in [0.25, 0.3) is 10.0 Å². The molecular formula is C12H19N3O2S. The van der Waals surface area contributed by atoms with Crippen molar-refractivity contribution in [3.05, 3.63) is 12.0 Å². The third kappa shape index (κ3) is 2.59. The van der Waals surface area contributed by atoms with Crippen LogP contribution < -0.4 is 4.72 Å². The van der Waals surface area contributed by atoms with Crippen LogP contribution in [0.3, 0.4) is 0 Å². The minimum atomic E-state index is -3.41. The summed E-state index contributed by atoms with van der Waals surface area (Å²) in [6, 6.07) is 0. The van der Waals surface area contributed by atoms with Gasteiger partial charge in [-0.3, -0.25) is 0 Å². The van der Waals surface area contributed by atoms with E-state index in [0.29, 0.717) is 18.3 Å². The minimum Gasteiger partial charge on any atom is -0.332 e. The van der Waals surface area contributed by atoms with Crippen molar-refractivity contribution in [3.63, 3.8) is 0 Å². The maximum atomic E-state index is 12.1. The molecule has 0 aromatic carbocycles. The highest BCUT2D eigenvalue weighted by Crippen LogP contribution is 2.48. The van der Waals surface area contributed by atoms with Crippen molar-refractivity contribution >= 4 is 10.0 Å². The first-order chi connectivity index (χ1) is 8.56. The zero-order valence-corrected chi connectivity index (χ0v) is 11.3. The van der Waals surface area contributed by atoms with Crippen LogP contribution in [0, 0.1) is 24.7 Å². The minimum absolute atomic E-state index is 0.172. The molecule has 1 aromatic rings. The Morgan fingerprint density at radius 3 is 2.44 bits per heavy atom. The van der Waals surface area contributed by atoms with Gasteiger partial charge < -0.3 is 4.98 Å². The lowest BCUT2D eigenvalue weighted by atomic mass is 9.99. The predicted octanol–water partition coefficient (Wildman–Crippen LogP) is 1.43. The molecule has 18 heavy (non-hydrogen) atoms. The molecule has 6 heteroatoms. The van der Waals surface area contributed by atoms with E-state index in [-0.39, 0.29) is 5.03 Å². The van der Waals surface area contributed by atoms with Gasteiger partial charge >= 0.3 is 0 Å². The second-order valence-corrected chi connectivity index (χ2v) is 7.26. The van der Waals surface area contributed by atoms with Crippen molar-refractivity contribution in [1.82, 2.24) is 14.7 Å². The van der Waals surface area contributed by atoms with Gasteiger partial charge in [0.15, 0.2) is 5.03 Å². The summed E-state index contributed by atoms with van der Waals surface area (Å²) in [5, 5.41) is 0.172. The maximum Gasteiger partial charge on any atom is 0.257 e. The van der Waals surface area contributed by atoms with E-state index in [1.807, 2.05) is 0 Å². The van der Waals surface area contributed by atoms with Crippen LogP contribution in [0.5, 0.6) is 0 Å². The number of hydrogen-bond acceptors (Lipinski definition) is 3. The van der Waals surface area contributed by atoms with E-state index in [2.05, 4.69) is 14.7 Å². The molecule has 0 aliphatic heterocycles. The molecule has 2 saturated carbocycles. The maximum absolute atomic E-state index is 12.1. The summed E-state index contributed by atoms with van der Waals surface area (Å²) in [5.74, 6) is 2.67. The van der Waals surface area contributed by atoms with Gasteiger partial charge in [-0.15, -0.1) is 0 Å². The van der Waals surface area contributed by atoms with Crippen molar-refractivity contribution in [2.75, 3.05) is 6.54 Å². The quantitative estimate of drug-likeness (QED) is 0.820. The molecule has 2 N–H and O–H groups in total. The molecule has 1 heterocycles. The summed E-state index contributed by atoms with van der Waals surface area (Å²) in [4.78, 5) is 6.70. The normalized spacial score (nSPS) is 20.6. The van der Waals surface area contributed by atoms with Crippen LogP contribution in [-0.2, 0) is 10.0 Å². The highest BCUT2D eigenvalue weighted by Gasteiger charge is 2.41. The number of H-pyrrole nitrogens is 1. The number of rotatable bonds is 6. The Hall–Kier alpha value is -0.880. The van der Waals surface area contributed by atoms with Crippen molar-refractivity contribution in [3.8, 4) is 0 Å². The van der Waals surface area contributed by atoms with E-state index in [1.165, 1.54) is 31.9 Å². The summed E-state index contributed by atoms with van der Waals surface area (Å²) in [7, 11) is -3.41. The van der Waals surface area contributed by atoms with Crippen LogP contribution in [-0.4, -0.2) is 24.9 Å². The molecule has 0 saturated heterocycles. The van der Waals surface area contributed by atoms with Crippen LogP contribution >= 0.6 is 0 Å². The lowest BCUT2D eigenvalue weighted by Gasteiger charge is -2.15. The van der Waals surface area contributed by atoms with Gasteiger partial charge in [0.05, 0.1) is 6.20 Å². The Morgan fingerprint density at radius 1 is 1.39 bits per heavy atom. The molecule has 0 radical (unpaired) electrons. The zero-order valence-electron chi connectivity index (χ0n) is 10.5. The van der Waals surface area contributed by atoms with E-state index in [4.69, 9.17) is 0 Å². The molecule has 0 bridgehead atoms. The van der Waals surface area contributed by atoms with Crippen LogP contribution in [0.2, 0.25) is 0 Å². The van der Waals surface area contributed by atoms with E-state index < -0.39 is 10.0 Å². The van der Waals surface area contributed by atoms with Gasteiger partial charge in [0, 0.05) is 6.54 Å². The highest BCUT2D eigenvalue weighted by molar-refractivity contribution is 7.89. The molecule has 2 aliphatic rings. The molecule has 5 nitrogen and oxygen atoms in total.